The average molecular weight is 425 g/mol. The van der Waals surface area contributed by atoms with Crippen LogP contribution in [0.5, 0.6) is 0 Å². The van der Waals surface area contributed by atoms with Gasteiger partial charge in [-0.1, -0.05) is 29.5 Å². The first-order chi connectivity index (χ1) is 14.6. The van der Waals surface area contributed by atoms with Gasteiger partial charge in [0.05, 0.1) is 12.6 Å². The van der Waals surface area contributed by atoms with Crippen molar-refractivity contribution in [1.82, 2.24) is 24.4 Å². The monoisotopic (exact) mass is 424 g/mol. The fourth-order valence-electron chi connectivity index (χ4n) is 4.32. The molecule has 2 aromatic heterocycles. The lowest BCUT2D eigenvalue weighted by Crippen LogP contribution is -2.52. The summed E-state index contributed by atoms with van der Waals surface area (Å²) >= 11 is 1.47. The quantitative estimate of drug-likeness (QED) is 0.630. The predicted molar refractivity (Wildman–Crippen MR) is 116 cm³/mol. The lowest BCUT2D eigenvalue weighted by molar-refractivity contribution is -0.122. The number of piperazine rings is 1. The van der Waals surface area contributed by atoms with Crippen LogP contribution in [0, 0.1) is 6.92 Å². The highest BCUT2D eigenvalue weighted by Crippen LogP contribution is 2.25. The lowest BCUT2D eigenvalue weighted by Gasteiger charge is -2.36. The number of carbonyl (C=O) groups is 1. The van der Waals surface area contributed by atoms with Crippen LogP contribution in [0.3, 0.4) is 0 Å². The number of rotatable bonds is 4. The molecule has 8 nitrogen and oxygen atoms in total. The standard InChI is InChI=1S/C21H24N6O2S/c1-15-13-19(28)27-21(22-15)30-18(23-27)14-24-9-11-25(12-10-24)17-7-8-26(20(17)29)16-5-3-2-4-6-16/h2-6,13,17H,7-12,14H2,1H3. The Morgan fingerprint density at radius 2 is 1.83 bits per heavy atom. The zero-order valence-corrected chi connectivity index (χ0v) is 17.7. The number of amides is 1. The zero-order chi connectivity index (χ0) is 20.7. The molecular weight excluding hydrogens is 400 g/mol. The maximum Gasteiger partial charge on any atom is 0.275 e. The molecule has 1 aromatic carbocycles. The van der Waals surface area contributed by atoms with E-state index in [0.29, 0.717) is 11.5 Å². The molecule has 2 saturated heterocycles. The highest BCUT2D eigenvalue weighted by molar-refractivity contribution is 7.16. The van der Waals surface area contributed by atoms with Crippen molar-refractivity contribution in [1.29, 1.82) is 0 Å². The lowest BCUT2D eigenvalue weighted by atomic mass is 10.2. The molecule has 3 aromatic rings. The van der Waals surface area contributed by atoms with Crippen LogP contribution < -0.4 is 10.5 Å². The van der Waals surface area contributed by atoms with Gasteiger partial charge < -0.3 is 4.90 Å². The Morgan fingerprint density at radius 3 is 2.60 bits per heavy atom. The summed E-state index contributed by atoms with van der Waals surface area (Å²) in [6.07, 6.45) is 0.875. The van der Waals surface area contributed by atoms with Gasteiger partial charge in [-0.3, -0.25) is 19.4 Å². The minimum Gasteiger partial charge on any atom is -0.311 e. The molecule has 0 radical (unpaired) electrons. The molecule has 5 rings (SSSR count). The van der Waals surface area contributed by atoms with E-state index < -0.39 is 0 Å². The van der Waals surface area contributed by atoms with E-state index in [2.05, 4.69) is 19.9 Å². The Labute approximate surface area is 178 Å². The van der Waals surface area contributed by atoms with E-state index >= 15 is 0 Å². The van der Waals surface area contributed by atoms with Crippen LogP contribution >= 0.6 is 11.3 Å². The summed E-state index contributed by atoms with van der Waals surface area (Å²) in [7, 11) is 0. The molecule has 1 unspecified atom stereocenters. The van der Waals surface area contributed by atoms with E-state index in [4.69, 9.17) is 0 Å². The zero-order valence-electron chi connectivity index (χ0n) is 16.9. The Morgan fingerprint density at radius 1 is 1.07 bits per heavy atom. The van der Waals surface area contributed by atoms with Crippen LogP contribution in [0.4, 0.5) is 5.69 Å². The number of para-hydroxylation sites is 1. The number of aryl methyl sites for hydroxylation is 1. The maximum absolute atomic E-state index is 13.0. The smallest absolute Gasteiger partial charge is 0.275 e. The number of hydrogen-bond acceptors (Lipinski definition) is 7. The Kier molecular flexibility index (Phi) is 5.10. The van der Waals surface area contributed by atoms with Crippen molar-refractivity contribution < 1.29 is 4.79 Å². The maximum atomic E-state index is 13.0. The number of nitrogens with zero attached hydrogens (tertiary/aromatic N) is 6. The first-order valence-electron chi connectivity index (χ1n) is 10.3. The van der Waals surface area contributed by atoms with E-state index in [1.54, 1.807) is 0 Å². The molecule has 0 saturated carbocycles. The summed E-state index contributed by atoms with van der Waals surface area (Å²) in [6.45, 7) is 6.79. The van der Waals surface area contributed by atoms with Crippen LogP contribution in [0.15, 0.2) is 41.2 Å². The first-order valence-corrected chi connectivity index (χ1v) is 11.1. The highest BCUT2D eigenvalue weighted by Gasteiger charge is 2.37. The van der Waals surface area contributed by atoms with Crippen molar-refractivity contribution in [2.45, 2.75) is 25.9 Å². The van der Waals surface area contributed by atoms with Crippen molar-refractivity contribution in [3.8, 4) is 0 Å². The van der Waals surface area contributed by atoms with Gasteiger partial charge in [0.2, 0.25) is 10.9 Å². The summed E-state index contributed by atoms with van der Waals surface area (Å²) in [6, 6.07) is 11.4. The van der Waals surface area contributed by atoms with Crippen LogP contribution in [0.25, 0.3) is 4.96 Å². The van der Waals surface area contributed by atoms with Crippen LogP contribution in [-0.2, 0) is 11.3 Å². The van der Waals surface area contributed by atoms with Gasteiger partial charge in [-0.05, 0) is 25.5 Å². The molecule has 2 aliphatic heterocycles. The third kappa shape index (κ3) is 3.64. The predicted octanol–water partition coefficient (Wildman–Crippen LogP) is 1.38. The van der Waals surface area contributed by atoms with Gasteiger partial charge in [-0.2, -0.15) is 9.61 Å². The fourth-order valence-corrected chi connectivity index (χ4v) is 5.30. The van der Waals surface area contributed by atoms with E-state index in [1.807, 2.05) is 42.2 Å². The SMILES string of the molecule is Cc1cc(=O)n2nc(CN3CCN(C4CCN(c5ccccc5)C4=O)CC3)sc2n1. The highest BCUT2D eigenvalue weighted by atomic mass is 32.1. The second-order valence-corrected chi connectivity index (χ2v) is 8.91. The van der Waals surface area contributed by atoms with E-state index in [1.165, 1.54) is 21.9 Å². The molecule has 0 N–H and O–H groups in total. The number of hydrogen-bond donors (Lipinski definition) is 0. The summed E-state index contributed by atoms with van der Waals surface area (Å²) in [5, 5.41) is 5.34. The molecule has 0 bridgehead atoms. The van der Waals surface area contributed by atoms with Crippen molar-refractivity contribution in [2.75, 3.05) is 37.6 Å². The van der Waals surface area contributed by atoms with Gasteiger partial charge in [0.15, 0.2) is 0 Å². The van der Waals surface area contributed by atoms with Gasteiger partial charge in [0.1, 0.15) is 5.01 Å². The van der Waals surface area contributed by atoms with E-state index in [0.717, 1.165) is 55.5 Å². The molecule has 2 aliphatic rings. The number of carbonyl (C=O) groups excluding carboxylic acids is 1. The van der Waals surface area contributed by atoms with Gasteiger partial charge in [-0.15, -0.1) is 0 Å². The third-order valence-electron chi connectivity index (χ3n) is 5.87. The summed E-state index contributed by atoms with van der Waals surface area (Å²) < 4.78 is 1.39. The van der Waals surface area contributed by atoms with Crippen LogP contribution in [0.1, 0.15) is 17.1 Å². The Hall–Kier alpha value is -2.62. The molecule has 0 aliphatic carbocycles. The number of aromatic nitrogens is 3. The topological polar surface area (TPSA) is 74.1 Å². The molecule has 1 atom stereocenters. The van der Waals surface area contributed by atoms with Crippen molar-refractivity contribution in [3.05, 3.63) is 57.5 Å². The number of anilines is 1. The van der Waals surface area contributed by atoms with Crippen molar-refractivity contribution >= 4 is 27.9 Å². The van der Waals surface area contributed by atoms with Crippen molar-refractivity contribution in [2.24, 2.45) is 0 Å². The molecule has 9 heteroatoms. The molecule has 156 valence electrons. The second kappa shape index (κ2) is 7.90. The van der Waals surface area contributed by atoms with Crippen LogP contribution in [0.2, 0.25) is 0 Å². The molecule has 4 heterocycles. The second-order valence-electron chi connectivity index (χ2n) is 7.87. The van der Waals surface area contributed by atoms with Gasteiger partial charge in [0, 0.05) is 50.2 Å². The molecule has 1 amide bonds. The molecule has 2 fully saturated rings. The first kappa shape index (κ1) is 19.3. The minimum atomic E-state index is -0.132. The van der Waals surface area contributed by atoms with Gasteiger partial charge in [0.25, 0.3) is 5.56 Å². The number of fused-ring (bicyclic) bond motifs is 1. The minimum absolute atomic E-state index is 0.0273. The molecule has 30 heavy (non-hydrogen) atoms. The summed E-state index contributed by atoms with van der Waals surface area (Å²) in [5.41, 5.74) is 1.57. The largest absolute Gasteiger partial charge is 0.311 e. The third-order valence-corrected chi connectivity index (χ3v) is 6.76. The molecular formula is C21H24N6O2S. The van der Waals surface area contributed by atoms with E-state index in [9.17, 15) is 9.59 Å². The normalized spacial score (nSPS) is 21.0. The average Bonchev–Trinajstić information content (AvgIpc) is 3.32. The number of benzene rings is 1. The van der Waals surface area contributed by atoms with Crippen molar-refractivity contribution in [3.63, 3.8) is 0 Å². The fraction of sp³-hybridized carbons (Fsp3) is 0.429. The summed E-state index contributed by atoms with van der Waals surface area (Å²) in [4.78, 5) is 36.6. The van der Waals surface area contributed by atoms with Crippen LogP contribution in [-0.4, -0.2) is 69.1 Å². The Balaban J connectivity index is 1.20. The molecule has 0 spiro atoms. The van der Waals surface area contributed by atoms with Gasteiger partial charge >= 0.3 is 0 Å². The Bertz CT molecular complexity index is 1120. The summed E-state index contributed by atoms with van der Waals surface area (Å²) in [5.74, 6) is 0.210. The van der Waals surface area contributed by atoms with Gasteiger partial charge in [-0.25, -0.2) is 4.98 Å². The van der Waals surface area contributed by atoms with E-state index in [-0.39, 0.29) is 17.5 Å².